The number of aryl methyl sites for hydroxylation is 1. The van der Waals surface area contributed by atoms with Gasteiger partial charge in [0.2, 0.25) is 0 Å². The fraction of sp³-hybridized carbons (Fsp3) is 0.345. The normalized spacial score (nSPS) is 16.8. The molecule has 5 rings (SSSR count). The number of piperidine rings is 1. The molecule has 35 heavy (non-hydrogen) atoms. The van der Waals surface area contributed by atoms with Crippen LogP contribution in [-0.2, 0) is 6.54 Å². The minimum atomic E-state index is -0.0118. The van der Waals surface area contributed by atoms with Crippen LogP contribution in [0.15, 0.2) is 65.6 Å². The van der Waals surface area contributed by atoms with Crippen molar-refractivity contribution in [3.8, 4) is 22.6 Å². The summed E-state index contributed by atoms with van der Waals surface area (Å²) in [4.78, 5) is 26.4. The van der Waals surface area contributed by atoms with Crippen molar-refractivity contribution in [3.05, 3.63) is 81.7 Å². The number of nitrogens with zero attached hydrogens (tertiary/aromatic N) is 4. The molecule has 0 aliphatic carbocycles. The minimum absolute atomic E-state index is 0.0118. The molecule has 1 saturated heterocycles. The van der Waals surface area contributed by atoms with E-state index in [9.17, 15) is 4.79 Å². The predicted molar refractivity (Wildman–Crippen MR) is 144 cm³/mol. The lowest BCUT2D eigenvalue weighted by Gasteiger charge is -2.35. The van der Waals surface area contributed by atoms with Crippen LogP contribution in [0.3, 0.4) is 0 Å². The number of rotatable bonds is 5. The van der Waals surface area contributed by atoms with Crippen LogP contribution < -0.4 is 5.56 Å². The fourth-order valence-corrected chi connectivity index (χ4v) is 5.30. The van der Waals surface area contributed by atoms with Gasteiger partial charge in [-0.3, -0.25) is 14.3 Å². The average Bonchev–Trinajstić information content (AvgIpc) is 2.86. The second kappa shape index (κ2) is 9.92. The van der Waals surface area contributed by atoms with Crippen LogP contribution in [0.25, 0.3) is 33.5 Å². The van der Waals surface area contributed by atoms with Gasteiger partial charge in [0.1, 0.15) is 5.69 Å². The Balaban J connectivity index is 1.70. The molecule has 1 atom stereocenters. The zero-order chi connectivity index (χ0) is 24.5. The summed E-state index contributed by atoms with van der Waals surface area (Å²) in [6.07, 6.45) is 4.02. The average molecular weight is 487 g/mol. The molecule has 1 unspecified atom stereocenters. The number of hydrogen-bond acceptors (Lipinski definition) is 4. The second-order valence-electron chi connectivity index (χ2n) is 9.82. The number of halogens is 1. The van der Waals surface area contributed by atoms with Gasteiger partial charge in [-0.2, -0.15) is 0 Å². The largest absolute Gasteiger partial charge is 0.301 e. The maximum Gasteiger partial charge on any atom is 0.262 e. The molecule has 0 N–H and O–H groups in total. The Labute approximate surface area is 211 Å². The van der Waals surface area contributed by atoms with Gasteiger partial charge in [-0.15, -0.1) is 0 Å². The molecule has 0 radical (unpaired) electrons. The van der Waals surface area contributed by atoms with E-state index in [1.54, 1.807) is 6.20 Å². The van der Waals surface area contributed by atoms with Gasteiger partial charge in [0, 0.05) is 30.4 Å². The highest BCUT2D eigenvalue weighted by Crippen LogP contribution is 2.30. The summed E-state index contributed by atoms with van der Waals surface area (Å²) in [7, 11) is 0. The molecular weight excluding hydrogens is 456 g/mol. The topological polar surface area (TPSA) is 51.0 Å². The van der Waals surface area contributed by atoms with Crippen LogP contribution in [0.4, 0.5) is 0 Å². The summed E-state index contributed by atoms with van der Waals surface area (Å²) in [5.74, 6) is 1.03. The van der Waals surface area contributed by atoms with E-state index in [-0.39, 0.29) is 5.56 Å². The van der Waals surface area contributed by atoms with Crippen molar-refractivity contribution in [1.29, 1.82) is 0 Å². The Morgan fingerprint density at radius 2 is 1.89 bits per heavy atom. The molecule has 180 valence electrons. The van der Waals surface area contributed by atoms with Gasteiger partial charge in [0.15, 0.2) is 5.82 Å². The first kappa shape index (κ1) is 23.7. The van der Waals surface area contributed by atoms with Crippen molar-refractivity contribution in [2.24, 2.45) is 5.92 Å². The molecule has 1 aliphatic heterocycles. The Morgan fingerprint density at radius 1 is 1.09 bits per heavy atom. The number of aromatic nitrogens is 3. The lowest BCUT2D eigenvalue weighted by molar-refractivity contribution is 0.130. The standard InChI is InChI=1S/C29H31ClN4O/c1-19(2)33-16-6-8-21(17-33)18-34-28(27-20(3)7-5-15-31-27)32-25-10-4-9-24(26(25)29(34)35)22-11-13-23(30)14-12-22/h4-5,7,9-15,19,21H,6,8,16-18H2,1-3H3. The third kappa shape index (κ3) is 4.75. The van der Waals surface area contributed by atoms with E-state index >= 15 is 0 Å². The Morgan fingerprint density at radius 3 is 2.63 bits per heavy atom. The van der Waals surface area contributed by atoms with Gasteiger partial charge in [-0.1, -0.05) is 41.9 Å². The third-order valence-electron chi connectivity index (χ3n) is 7.08. The maximum atomic E-state index is 14.2. The molecule has 1 aliphatic rings. The molecule has 0 amide bonds. The van der Waals surface area contributed by atoms with Gasteiger partial charge >= 0.3 is 0 Å². The smallest absolute Gasteiger partial charge is 0.262 e. The first-order chi connectivity index (χ1) is 16.9. The SMILES string of the molecule is Cc1cccnc1-c1nc2cccc(-c3ccc(Cl)cc3)c2c(=O)n1CC1CCCN(C(C)C)C1. The molecule has 5 nitrogen and oxygen atoms in total. The molecule has 0 saturated carbocycles. The Bertz CT molecular complexity index is 1410. The maximum absolute atomic E-state index is 14.2. The molecule has 0 bridgehead atoms. The monoisotopic (exact) mass is 486 g/mol. The van der Waals surface area contributed by atoms with Crippen molar-refractivity contribution in [1.82, 2.24) is 19.4 Å². The quantitative estimate of drug-likeness (QED) is 0.336. The van der Waals surface area contributed by atoms with E-state index in [1.165, 1.54) is 0 Å². The van der Waals surface area contributed by atoms with Crippen LogP contribution >= 0.6 is 11.6 Å². The molecule has 1 fully saturated rings. The van der Waals surface area contributed by atoms with Gasteiger partial charge in [-0.05, 0) is 87.0 Å². The third-order valence-corrected chi connectivity index (χ3v) is 7.33. The van der Waals surface area contributed by atoms with E-state index in [1.807, 2.05) is 66.1 Å². The Kier molecular flexibility index (Phi) is 6.72. The number of benzene rings is 2. The zero-order valence-corrected chi connectivity index (χ0v) is 21.3. The van der Waals surface area contributed by atoms with Crippen molar-refractivity contribution in [3.63, 3.8) is 0 Å². The lowest BCUT2D eigenvalue weighted by atomic mass is 9.96. The van der Waals surface area contributed by atoms with E-state index in [2.05, 4.69) is 23.7 Å². The number of likely N-dealkylation sites (tertiary alicyclic amines) is 1. The van der Waals surface area contributed by atoms with E-state index in [0.717, 1.165) is 48.3 Å². The van der Waals surface area contributed by atoms with Crippen LogP contribution in [0, 0.1) is 12.8 Å². The van der Waals surface area contributed by atoms with Gasteiger partial charge in [-0.25, -0.2) is 4.98 Å². The molecule has 4 aromatic rings. The summed E-state index contributed by atoms with van der Waals surface area (Å²) in [5, 5.41) is 1.31. The van der Waals surface area contributed by atoms with E-state index in [0.29, 0.717) is 40.3 Å². The first-order valence-corrected chi connectivity index (χ1v) is 12.8. The van der Waals surface area contributed by atoms with Crippen molar-refractivity contribution >= 4 is 22.5 Å². The highest BCUT2D eigenvalue weighted by molar-refractivity contribution is 6.30. The van der Waals surface area contributed by atoms with Crippen molar-refractivity contribution in [2.75, 3.05) is 13.1 Å². The molecular formula is C29H31ClN4O. The zero-order valence-electron chi connectivity index (χ0n) is 20.5. The molecule has 2 aromatic carbocycles. The number of fused-ring (bicyclic) bond motifs is 1. The van der Waals surface area contributed by atoms with Crippen LogP contribution in [-0.4, -0.2) is 38.6 Å². The fourth-order valence-electron chi connectivity index (χ4n) is 5.18. The Hall–Kier alpha value is -3.02. The first-order valence-electron chi connectivity index (χ1n) is 12.4. The molecule has 0 spiro atoms. The summed E-state index contributed by atoms with van der Waals surface area (Å²) < 4.78 is 1.88. The van der Waals surface area contributed by atoms with Crippen LogP contribution in [0.1, 0.15) is 32.3 Å². The minimum Gasteiger partial charge on any atom is -0.301 e. The van der Waals surface area contributed by atoms with Crippen molar-refractivity contribution in [2.45, 2.75) is 46.2 Å². The predicted octanol–water partition coefficient (Wildman–Crippen LogP) is 6.21. The van der Waals surface area contributed by atoms with Crippen LogP contribution in [0.2, 0.25) is 5.02 Å². The van der Waals surface area contributed by atoms with E-state index < -0.39 is 0 Å². The molecule has 3 heterocycles. The van der Waals surface area contributed by atoms with Gasteiger partial charge in [0.25, 0.3) is 5.56 Å². The summed E-state index contributed by atoms with van der Waals surface area (Å²) in [6.45, 7) is 9.24. The van der Waals surface area contributed by atoms with Crippen LogP contribution in [0.5, 0.6) is 0 Å². The van der Waals surface area contributed by atoms with Crippen molar-refractivity contribution < 1.29 is 0 Å². The van der Waals surface area contributed by atoms with E-state index in [4.69, 9.17) is 16.6 Å². The number of hydrogen-bond donors (Lipinski definition) is 0. The summed E-state index contributed by atoms with van der Waals surface area (Å²) in [6, 6.07) is 17.9. The lowest BCUT2D eigenvalue weighted by Crippen LogP contribution is -2.42. The number of pyridine rings is 1. The van der Waals surface area contributed by atoms with Gasteiger partial charge in [0.05, 0.1) is 10.9 Å². The molecule has 2 aromatic heterocycles. The highest BCUT2D eigenvalue weighted by Gasteiger charge is 2.25. The second-order valence-corrected chi connectivity index (χ2v) is 10.3. The molecule has 6 heteroatoms. The highest BCUT2D eigenvalue weighted by atomic mass is 35.5. The summed E-state index contributed by atoms with van der Waals surface area (Å²) >= 11 is 6.13. The summed E-state index contributed by atoms with van der Waals surface area (Å²) in [5.41, 5.74) is 4.28. The van der Waals surface area contributed by atoms with Gasteiger partial charge < -0.3 is 4.90 Å².